The van der Waals surface area contributed by atoms with Crippen LogP contribution in [0.2, 0.25) is 0 Å². The number of nitrogens with zero attached hydrogens (tertiary/aromatic N) is 2. The second kappa shape index (κ2) is 7.82. The number of hydrogen-bond donors (Lipinski definition) is 1. The second-order valence-electron chi connectivity index (χ2n) is 7.29. The quantitative estimate of drug-likeness (QED) is 0.735. The molecule has 0 radical (unpaired) electrons. The third-order valence-corrected chi connectivity index (χ3v) is 5.59. The van der Waals surface area contributed by atoms with E-state index in [9.17, 15) is 5.26 Å². The zero-order chi connectivity index (χ0) is 18.6. The highest BCUT2D eigenvalue weighted by Crippen LogP contribution is 2.32. The third kappa shape index (κ3) is 3.54. The Morgan fingerprint density at radius 2 is 1.78 bits per heavy atom. The molecule has 0 amide bonds. The molecule has 1 heterocycles. The van der Waals surface area contributed by atoms with Gasteiger partial charge >= 0.3 is 0 Å². The minimum atomic E-state index is 0.255. The highest BCUT2D eigenvalue weighted by molar-refractivity contribution is 5.98. The van der Waals surface area contributed by atoms with Crippen molar-refractivity contribution < 1.29 is 0 Å². The summed E-state index contributed by atoms with van der Waals surface area (Å²) in [4.78, 5) is 2.50. The Hall–Kier alpha value is -2.83. The molecule has 1 atom stereocenters. The van der Waals surface area contributed by atoms with E-state index in [1.807, 2.05) is 12.1 Å². The van der Waals surface area contributed by atoms with Gasteiger partial charge in [0.05, 0.1) is 17.8 Å². The van der Waals surface area contributed by atoms with Crippen molar-refractivity contribution in [3.05, 3.63) is 77.4 Å². The Kier molecular flexibility index (Phi) is 5.09. The maximum atomic E-state index is 9.48. The van der Waals surface area contributed by atoms with Crippen molar-refractivity contribution in [2.24, 2.45) is 0 Å². The molecule has 0 aliphatic carbocycles. The Bertz CT molecular complexity index is 986. The zero-order valence-corrected chi connectivity index (χ0v) is 15.8. The number of aryl methyl sites for hydroxylation is 1. The summed E-state index contributed by atoms with van der Waals surface area (Å²) in [7, 11) is 0. The predicted molar refractivity (Wildman–Crippen MR) is 112 cm³/mol. The summed E-state index contributed by atoms with van der Waals surface area (Å²) >= 11 is 0. The van der Waals surface area contributed by atoms with E-state index in [1.165, 1.54) is 29.7 Å². The number of anilines is 1. The first kappa shape index (κ1) is 17.6. The molecule has 4 rings (SSSR count). The van der Waals surface area contributed by atoms with Crippen molar-refractivity contribution in [1.82, 2.24) is 5.32 Å². The topological polar surface area (TPSA) is 39.1 Å². The molecule has 1 aliphatic heterocycles. The van der Waals surface area contributed by atoms with E-state index in [-0.39, 0.29) is 6.17 Å². The van der Waals surface area contributed by atoms with Crippen molar-refractivity contribution in [3.63, 3.8) is 0 Å². The Balaban J connectivity index is 1.77. The molecular formula is C24H25N3. The molecule has 3 aromatic carbocycles. The first-order chi connectivity index (χ1) is 13.3. The Morgan fingerprint density at radius 3 is 2.59 bits per heavy atom. The molecule has 136 valence electrons. The fourth-order valence-electron chi connectivity index (χ4n) is 4.09. The third-order valence-electron chi connectivity index (χ3n) is 5.59. The van der Waals surface area contributed by atoms with E-state index in [1.54, 1.807) is 0 Å². The lowest BCUT2D eigenvalue weighted by Crippen LogP contribution is -2.46. The van der Waals surface area contributed by atoms with Gasteiger partial charge in [-0.1, -0.05) is 48.5 Å². The van der Waals surface area contributed by atoms with E-state index >= 15 is 0 Å². The summed E-state index contributed by atoms with van der Waals surface area (Å²) in [6.45, 7) is 4.26. The number of benzene rings is 3. The molecule has 0 aromatic heterocycles. The van der Waals surface area contributed by atoms with Crippen LogP contribution in [-0.4, -0.2) is 19.3 Å². The van der Waals surface area contributed by atoms with Gasteiger partial charge in [0.15, 0.2) is 0 Å². The van der Waals surface area contributed by atoms with Crippen LogP contribution in [0.5, 0.6) is 0 Å². The van der Waals surface area contributed by atoms with E-state index in [0.29, 0.717) is 0 Å². The minimum Gasteiger partial charge on any atom is -0.355 e. The fraction of sp³-hybridized carbons (Fsp3) is 0.292. The van der Waals surface area contributed by atoms with Gasteiger partial charge in [0.1, 0.15) is 0 Å². The van der Waals surface area contributed by atoms with Crippen LogP contribution in [0.25, 0.3) is 10.8 Å². The van der Waals surface area contributed by atoms with E-state index < -0.39 is 0 Å². The Labute approximate surface area is 161 Å². The zero-order valence-electron chi connectivity index (χ0n) is 15.8. The average Bonchev–Trinajstić information content (AvgIpc) is 2.94. The van der Waals surface area contributed by atoms with Crippen LogP contribution in [0.3, 0.4) is 0 Å². The number of hydrogen-bond acceptors (Lipinski definition) is 3. The van der Waals surface area contributed by atoms with Gasteiger partial charge in [0.25, 0.3) is 0 Å². The van der Waals surface area contributed by atoms with Crippen molar-refractivity contribution in [3.8, 4) is 6.07 Å². The smallest absolute Gasteiger partial charge is 0.0998 e. The summed E-state index contributed by atoms with van der Waals surface area (Å²) in [5.41, 5.74) is 4.69. The molecule has 0 saturated carbocycles. The lowest BCUT2D eigenvalue weighted by Gasteiger charge is -2.34. The van der Waals surface area contributed by atoms with Crippen LogP contribution < -0.4 is 10.2 Å². The van der Waals surface area contributed by atoms with Crippen LogP contribution in [-0.2, 0) is 6.42 Å². The number of rotatable bonds is 3. The molecular weight excluding hydrogens is 330 g/mol. The van der Waals surface area contributed by atoms with Crippen LogP contribution in [0, 0.1) is 18.3 Å². The molecule has 3 aromatic rings. The van der Waals surface area contributed by atoms with Gasteiger partial charge in [0, 0.05) is 29.4 Å². The van der Waals surface area contributed by atoms with Gasteiger partial charge in [-0.2, -0.15) is 5.26 Å². The lowest BCUT2D eigenvalue weighted by molar-refractivity contribution is 0.516. The van der Waals surface area contributed by atoms with Crippen molar-refractivity contribution in [2.75, 3.05) is 18.0 Å². The molecule has 1 unspecified atom stereocenters. The molecule has 0 bridgehead atoms. The number of nitrogens with one attached hydrogen (secondary N) is 1. The largest absolute Gasteiger partial charge is 0.355 e. The van der Waals surface area contributed by atoms with Gasteiger partial charge in [-0.05, 0) is 49.6 Å². The molecule has 1 saturated heterocycles. The van der Waals surface area contributed by atoms with Crippen LogP contribution in [0.4, 0.5) is 5.69 Å². The molecule has 3 heteroatoms. The van der Waals surface area contributed by atoms with Crippen molar-refractivity contribution >= 4 is 16.5 Å². The average molecular weight is 355 g/mol. The maximum absolute atomic E-state index is 9.48. The van der Waals surface area contributed by atoms with Gasteiger partial charge < -0.3 is 4.90 Å². The monoisotopic (exact) mass is 355 g/mol. The fourth-order valence-corrected chi connectivity index (χ4v) is 4.09. The predicted octanol–water partition coefficient (Wildman–Crippen LogP) is 4.78. The molecule has 27 heavy (non-hydrogen) atoms. The maximum Gasteiger partial charge on any atom is 0.0998 e. The minimum absolute atomic E-state index is 0.255. The molecule has 3 nitrogen and oxygen atoms in total. The van der Waals surface area contributed by atoms with Crippen molar-refractivity contribution in [1.29, 1.82) is 5.26 Å². The molecule has 1 fully saturated rings. The SMILES string of the molecule is Cc1ccccc1CC1NCCCCN1c1ccc(C#N)c2ccccc12. The van der Waals surface area contributed by atoms with Crippen LogP contribution in [0.15, 0.2) is 60.7 Å². The second-order valence-corrected chi connectivity index (χ2v) is 7.29. The van der Waals surface area contributed by atoms with Crippen molar-refractivity contribution in [2.45, 2.75) is 32.4 Å². The highest BCUT2D eigenvalue weighted by atomic mass is 15.3. The number of nitriles is 1. The summed E-state index contributed by atoms with van der Waals surface area (Å²) in [6.07, 6.45) is 3.59. The van der Waals surface area contributed by atoms with E-state index in [4.69, 9.17) is 0 Å². The molecule has 1 aliphatic rings. The summed E-state index contributed by atoms with van der Waals surface area (Å²) in [6, 6.07) is 23.3. The highest BCUT2D eigenvalue weighted by Gasteiger charge is 2.23. The summed E-state index contributed by atoms with van der Waals surface area (Å²) in [5.74, 6) is 0. The normalized spacial score (nSPS) is 17.5. The molecule has 1 N–H and O–H groups in total. The van der Waals surface area contributed by atoms with Gasteiger partial charge in [-0.3, -0.25) is 5.32 Å². The van der Waals surface area contributed by atoms with Gasteiger partial charge in [0.2, 0.25) is 0 Å². The first-order valence-electron chi connectivity index (χ1n) is 9.74. The standard InChI is InChI=1S/C24H25N3/c1-18-8-2-3-9-19(18)16-24-26-14-6-7-15-27(24)23-13-12-20(17-25)21-10-4-5-11-22(21)23/h2-5,8-13,24,26H,6-7,14-16H2,1H3. The van der Waals surface area contributed by atoms with E-state index in [2.05, 4.69) is 71.7 Å². The number of fused-ring (bicyclic) bond motifs is 1. The van der Waals surface area contributed by atoms with Gasteiger partial charge in [-0.25, -0.2) is 0 Å². The summed E-state index contributed by atoms with van der Waals surface area (Å²) in [5, 5.41) is 15.4. The first-order valence-corrected chi connectivity index (χ1v) is 9.74. The molecule has 0 spiro atoms. The van der Waals surface area contributed by atoms with Gasteiger partial charge in [-0.15, -0.1) is 0 Å². The lowest BCUT2D eigenvalue weighted by atomic mass is 10.0. The Morgan fingerprint density at radius 1 is 1.00 bits per heavy atom. The van der Waals surface area contributed by atoms with Crippen LogP contribution in [0.1, 0.15) is 29.5 Å². The van der Waals surface area contributed by atoms with E-state index in [0.717, 1.165) is 35.8 Å². The van der Waals surface area contributed by atoms with Crippen LogP contribution >= 0.6 is 0 Å². The summed E-state index contributed by atoms with van der Waals surface area (Å²) < 4.78 is 0.